The van der Waals surface area contributed by atoms with Crippen LogP contribution in [0.4, 0.5) is 5.69 Å². The Morgan fingerprint density at radius 1 is 1.11 bits per heavy atom. The van der Waals surface area contributed by atoms with Crippen molar-refractivity contribution in [3.05, 3.63) is 22.2 Å². The number of likely N-dealkylation sites (tertiary alicyclic amines) is 1. The molecule has 2 aromatic rings. The molecular weight excluding hydrogens is 468 g/mol. The number of carbonyl (C=O) groups excluding carboxylic acids is 4. The van der Waals surface area contributed by atoms with E-state index in [1.54, 1.807) is 4.90 Å². The third-order valence-electron chi connectivity index (χ3n) is 7.24. The van der Waals surface area contributed by atoms with E-state index in [9.17, 15) is 19.2 Å². The maximum Gasteiger partial charge on any atom is 0.266 e. The van der Waals surface area contributed by atoms with Crippen molar-refractivity contribution in [2.24, 2.45) is 11.8 Å². The van der Waals surface area contributed by atoms with Gasteiger partial charge in [0.25, 0.3) is 5.91 Å². The summed E-state index contributed by atoms with van der Waals surface area (Å²) in [6, 6.07) is 1.93. The van der Waals surface area contributed by atoms with E-state index in [1.165, 1.54) is 16.2 Å². The van der Waals surface area contributed by atoms with Crippen LogP contribution in [0.3, 0.4) is 0 Å². The van der Waals surface area contributed by atoms with Crippen molar-refractivity contribution in [2.45, 2.75) is 46.0 Å². The molecule has 9 nitrogen and oxygen atoms in total. The van der Waals surface area contributed by atoms with E-state index in [2.05, 4.69) is 10.3 Å². The zero-order valence-electron chi connectivity index (χ0n) is 20.1. The van der Waals surface area contributed by atoms with E-state index in [-0.39, 0.29) is 48.4 Å². The molecule has 0 unspecified atom stereocenters. The quantitative estimate of drug-likeness (QED) is 0.635. The summed E-state index contributed by atoms with van der Waals surface area (Å²) in [5.41, 5.74) is 2.23. The molecule has 4 heterocycles. The van der Waals surface area contributed by atoms with E-state index < -0.39 is 0 Å². The lowest BCUT2D eigenvalue weighted by atomic mass is 9.81. The Morgan fingerprint density at radius 3 is 2.43 bits per heavy atom. The SMILES string of the molecule is Cc1cc(C)c2c(NC(=O)CCN3C(=O)[C@H]4CCCC[C@@H]4C3=O)c(C(=O)N3CCOCC3)sc2n1. The van der Waals surface area contributed by atoms with Gasteiger partial charge in [-0.05, 0) is 38.3 Å². The summed E-state index contributed by atoms with van der Waals surface area (Å²) < 4.78 is 5.38. The number of amides is 4. The Hall–Kier alpha value is -2.85. The minimum Gasteiger partial charge on any atom is -0.378 e. The first kappa shape index (κ1) is 23.9. The summed E-state index contributed by atoms with van der Waals surface area (Å²) in [5.74, 6) is -1.24. The molecular formula is C25H30N4O5S. The molecule has 5 rings (SSSR count). The number of thiophene rings is 1. The fourth-order valence-electron chi connectivity index (χ4n) is 5.49. The monoisotopic (exact) mass is 498 g/mol. The standard InChI is InChI=1S/C25H30N4O5S/c1-14-13-15(2)26-22-19(14)20(21(35-22)25(33)28-9-11-34-12-10-28)27-18(30)7-8-29-23(31)16-5-3-4-6-17(16)24(29)32/h13,16-17H,3-12H2,1-2H3,(H,27,30)/t16-,17-/m0/s1. The van der Waals surface area contributed by atoms with Crippen LogP contribution in [0.25, 0.3) is 10.2 Å². The molecule has 2 atom stereocenters. The van der Waals surface area contributed by atoms with E-state index in [1.807, 2.05) is 19.9 Å². The molecule has 35 heavy (non-hydrogen) atoms. The summed E-state index contributed by atoms with van der Waals surface area (Å²) in [6.45, 7) is 5.84. The Labute approximate surface area is 207 Å². The van der Waals surface area contributed by atoms with Crippen molar-refractivity contribution in [2.75, 3.05) is 38.2 Å². The molecule has 1 N–H and O–H groups in total. The van der Waals surface area contributed by atoms with E-state index in [0.29, 0.717) is 41.7 Å². The van der Waals surface area contributed by atoms with Gasteiger partial charge in [0.1, 0.15) is 9.71 Å². The number of carbonyl (C=O) groups is 4. The highest BCUT2D eigenvalue weighted by molar-refractivity contribution is 7.21. The van der Waals surface area contributed by atoms with Crippen molar-refractivity contribution in [1.82, 2.24) is 14.8 Å². The first-order chi connectivity index (χ1) is 16.8. The van der Waals surface area contributed by atoms with Crippen LogP contribution < -0.4 is 5.32 Å². The van der Waals surface area contributed by atoms with Gasteiger partial charge in [-0.15, -0.1) is 11.3 Å². The number of hydrogen-bond acceptors (Lipinski definition) is 7. The van der Waals surface area contributed by atoms with Gasteiger partial charge in [-0.3, -0.25) is 24.1 Å². The number of fused-ring (bicyclic) bond motifs is 2. The van der Waals surface area contributed by atoms with Crippen molar-refractivity contribution < 1.29 is 23.9 Å². The fourth-order valence-corrected chi connectivity index (χ4v) is 6.71. The average Bonchev–Trinajstić information content (AvgIpc) is 3.33. The van der Waals surface area contributed by atoms with Gasteiger partial charge in [0.05, 0.1) is 30.7 Å². The number of morpholine rings is 1. The number of hydrogen-bond donors (Lipinski definition) is 1. The van der Waals surface area contributed by atoms with Crippen molar-refractivity contribution in [1.29, 1.82) is 0 Å². The lowest BCUT2D eigenvalue weighted by Crippen LogP contribution is -2.40. The second-order valence-electron chi connectivity index (χ2n) is 9.60. The molecule has 10 heteroatoms. The van der Waals surface area contributed by atoms with Gasteiger partial charge in [0.15, 0.2) is 0 Å². The van der Waals surface area contributed by atoms with Crippen LogP contribution in [0.5, 0.6) is 0 Å². The lowest BCUT2D eigenvalue weighted by molar-refractivity contribution is -0.140. The largest absolute Gasteiger partial charge is 0.378 e. The normalized spacial score (nSPS) is 22.6. The number of aromatic nitrogens is 1. The number of nitrogens with zero attached hydrogens (tertiary/aromatic N) is 3. The lowest BCUT2D eigenvalue weighted by Gasteiger charge is -2.26. The average molecular weight is 499 g/mol. The minimum absolute atomic E-state index is 0.0161. The molecule has 3 fully saturated rings. The summed E-state index contributed by atoms with van der Waals surface area (Å²) in [5, 5.41) is 3.69. The maximum atomic E-state index is 13.4. The van der Waals surface area contributed by atoms with Gasteiger partial charge in [-0.2, -0.15) is 0 Å². The molecule has 0 spiro atoms. The van der Waals surface area contributed by atoms with Crippen molar-refractivity contribution >= 4 is 50.9 Å². The number of anilines is 1. The summed E-state index contributed by atoms with van der Waals surface area (Å²) in [6.07, 6.45) is 3.41. The van der Waals surface area contributed by atoms with Gasteiger partial charge < -0.3 is 15.0 Å². The number of nitrogens with one attached hydrogen (secondary N) is 1. The molecule has 4 amide bonds. The molecule has 3 aliphatic rings. The summed E-state index contributed by atoms with van der Waals surface area (Å²) in [4.78, 5) is 60.7. The molecule has 0 bridgehead atoms. The molecule has 1 saturated carbocycles. The predicted molar refractivity (Wildman–Crippen MR) is 131 cm³/mol. The fraction of sp³-hybridized carbons (Fsp3) is 0.560. The van der Waals surface area contributed by atoms with Crippen LogP contribution in [-0.4, -0.2) is 71.3 Å². The predicted octanol–water partition coefficient (Wildman–Crippen LogP) is 2.89. The van der Waals surface area contributed by atoms with Crippen LogP contribution in [0.1, 0.15) is 53.0 Å². The number of ether oxygens (including phenoxy) is 1. The Balaban J connectivity index is 1.37. The third-order valence-corrected chi connectivity index (χ3v) is 8.31. The van der Waals surface area contributed by atoms with Crippen molar-refractivity contribution in [3.63, 3.8) is 0 Å². The zero-order chi connectivity index (χ0) is 24.7. The first-order valence-corrected chi connectivity index (χ1v) is 13.1. The molecule has 2 saturated heterocycles. The number of imide groups is 1. The van der Waals surface area contributed by atoms with Crippen molar-refractivity contribution in [3.8, 4) is 0 Å². The second-order valence-corrected chi connectivity index (χ2v) is 10.6. The molecule has 2 aromatic heterocycles. The first-order valence-electron chi connectivity index (χ1n) is 12.3. The Bertz CT molecular complexity index is 1180. The molecule has 2 aliphatic heterocycles. The maximum absolute atomic E-state index is 13.4. The van der Waals surface area contributed by atoms with Crippen LogP contribution in [0, 0.1) is 25.7 Å². The molecule has 186 valence electrons. The third kappa shape index (κ3) is 4.45. The highest BCUT2D eigenvalue weighted by atomic mass is 32.1. The van der Waals surface area contributed by atoms with Gasteiger partial charge >= 0.3 is 0 Å². The van der Waals surface area contributed by atoms with Crippen LogP contribution in [-0.2, 0) is 19.1 Å². The van der Waals surface area contributed by atoms with Gasteiger partial charge in [-0.1, -0.05) is 12.8 Å². The Morgan fingerprint density at radius 2 is 1.77 bits per heavy atom. The second kappa shape index (κ2) is 9.66. The van der Waals surface area contributed by atoms with E-state index in [4.69, 9.17) is 4.74 Å². The van der Waals surface area contributed by atoms with E-state index in [0.717, 1.165) is 42.3 Å². The highest BCUT2D eigenvalue weighted by Gasteiger charge is 2.47. The summed E-state index contributed by atoms with van der Waals surface area (Å²) >= 11 is 1.28. The number of aryl methyl sites for hydroxylation is 2. The molecule has 1 aliphatic carbocycles. The molecule has 0 radical (unpaired) electrons. The van der Waals surface area contributed by atoms with Gasteiger partial charge in [0.2, 0.25) is 17.7 Å². The van der Waals surface area contributed by atoms with Gasteiger partial charge in [-0.25, -0.2) is 4.98 Å². The van der Waals surface area contributed by atoms with Crippen LogP contribution in [0.15, 0.2) is 6.07 Å². The smallest absolute Gasteiger partial charge is 0.266 e. The molecule has 0 aromatic carbocycles. The zero-order valence-corrected chi connectivity index (χ0v) is 20.9. The Kier molecular flexibility index (Phi) is 6.59. The highest BCUT2D eigenvalue weighted by Crippen LogP contribution is 2.39. The summed E-state index contributed by atoms with van der Waals surface area (Å²) in [7, 11) is 0. The van der Waals surface area contributed by atoms with Crippen LogP contribution in [0.2, 0.25) is 0 Å². The van der Waals surface area contributed by atoms with Crippen LogP contribution >= 0.6 is 11.3 Å². The minimum atomic E-state index is -0.337. The topological polar surface area (TPSA) is 109 Å². The van der Waals surface area contributed by atoms with Gasteiger partial charge in [0, 0.05) is 37.1 Å². The number of pyridine rings is 1. The van der Waals surface area contributed by atoms with E-state index >= 15 is 0 Å². The number of rotatable bonds is 5.